The summed E-state index contributed by atoms with van der Waals surface area (Å²) in [7, 11) is 0. The number of rotatable bonds is 4. The van der Waals surface area contributed by atoms with Crippen LogP contribution in [0.4, 0.5) is 16.2 Å². The van der Waals surface area contributed by atoms with Gasteiger partial charge in [-0.15, -0.1) is 0 Å². The number of hydrogen-bond donors (Lipinski definition) is 3. The van der Waals surface area contributed by atoms with Crippen LogP contribution < -0.4 is 16.4 Å². The molecule has 1 aromatic carbocycles. The van der Waals surface area contributed by atoms with E-state index in [1.54, 1.807) is 24.3 Å². The molecule has 1 saturated heterocycles. The summed E-state index contributed by atoms with van der Waals surface area (Å²) in [6, 6.07) is 6.98. The normalized spacial score (nSPS) is 19.3. The molecule has 104 valence electrons. The number of carbonyl (C=O) groups is 1. The minimum absolute atomic E-state index is 0.153. The lowest BCUT2D eigenvalue weighted by atomic mass is 10.1. The van der Waals surface area contributed by atoms with Crippen LogP contribution in [0.5, 0.6) is 0 Å². The first-order valence-corrected chi connectivity index (χ1v) is 6.80. The number of nitrogens with two attached hydrogens (primary N) is 1. The number of anilines is 2. The van der Waals surface area contributed by atoms with Crippen molar-refractivity contribution in [1.29, 1.82) is 0 Å². The number of benzene rings is 1. The SMILES string of the molecule is CCN1CCC(CNC(=O)Nc2ccc(N)cc2)C1. The van der Waals surface area contributed by atoms with Gasteiger partial charge in [0.1, 0.15) is 0 Å². The fourth-order valence-electron chi connectivity index (χ4n) is 2.35. The maximum Gasteiger partial charge on any atom is 0.319 e. The quantitative estimate of drug-likeness (QED) is 0.724. The molecule has 1 aromatic rings. The minimum atomic E-state index is -0.153. The van der Waals surface area contributed by atoms with Crippen molar-refractivity contribution in [3.8, 4) is 0 Å². The Balaban J connectivity index is 1.71. The molecule has 1 atom stereocenters. The van der Waals surface area contributed by atoms with Crippen molar-refractivity contribution < 1.29 is 4.79 Å². The van der Waals surface area contributed by atoms with Crippen LogP contribution in [0.25, 0.3) is 0 Å². The molecule has 0 aliphatic carbocycles. The van der Waals surface area contributed by atoms with Gasteiger partial charge in [-0.3, -0.25) is 0 Å². The summed E-state index contributed by atoms with van der Waals surface area (Å²) in [5.41, 5.74) is 7.04. The van der Waals surface area contributed by atoms with Crippen LogP contribution in [0.15, 0.2) is 24.3 Å². The second-order valence-corrected chi connectivity index (χ2v) is 5.00. The zero-order valence-electron chi connectivity index (χ0n) is 11.4. The Morgan fingerprint density at radius 1 is 1.42 bits per heavy atom. The minimum Gasteiger partial charge on any atom is -0.399 e. The molecule has 1 heterocycles. The fraction of sp³-hybridized carbons (Fsp3) is 0.500. The molecule has 1 fully saturated rings. The molecule has 0 saturated carbocycles. The van der Waals surface area contributed by atoms with Gasteiger partial charge in [0.25, 0.3) is 0 Å². The van der Waals surface area contributed by atoms with Crippen LogP contribution in [0.3, 0.4) is 0 Å². The Labute approximate surface area is 114 Å². The number of likely N-dealkylation sites (tertiary alicyclic amines) is 1. The summed E-state index contributed by atoms with van der Waals surface area (Å²) in [5, 5.41) is 5.72. The molecule has 1 aliphatic rings. The highest BCUT2D eigenvalue weighted by atomic mass is 16.2. The van der Waals surface area contributed by atoms with Gasteiger partial charge in [-0.05, 0) is 49.7 Å². The van der Waals surface area contributed by atoms with Crippen LogP contribution in [-0.2, 0) is 0 Å². The molecular weight excluding hydrogens is 240 g/mol. The highest BCUT2D eigenvalue weighted by Crippen LogP contribution is 2.14. The molecule has 0 bridgehead atoms. The molecular formula is C14H22N4O. The predicted molar refractivity (Wildman–Crippen MR) is 78.1 cm³/mol. The van der Waals surface area contributed by atoms with Crippen molar-refractivity contribution in [3.05, 3.63) is 24.3 Å². The average Bonchev–Trinajstić information content (AvgIpc) is 2.87. The Hall–Kier alpha value is -1.75. The van der Waals surface area contributed by atoms with Gasteiger partial charge in [0.2, 0.25) is 0 Å². The Morgan fingerprint density at radius 2 is 2.16 bits per heavy atom. The van der Waals surface area contributed by atoms with Gasteiger partial charge >= 0.3 is 6.03 Å². The largest absolute Gasteiger partial charge is 0.399 e. The summed E-state index contributed by atoms with van der Waals surface area (Å²) in [6.45, 7) is 6.22. The Kier molecular flexibility index (Phi) is 4.63. The maximum atomic E-state index is 11.7. The first-order chi connectivity index (χ1) is 9.17. The monoisotopic (exact) mass is 262 g/mol. The van der Waals surface area contributed by atoms with Crippen LogP contribution in [0.2, 0.25) is 0 Å². The third-order valence-electron chi connectivity index (χ3n) is 3.54. The first-order valence-electron chi connectivity index (χ1n) is 6.80. The molecule has 1 unspecified atom stereocenters. The van der Waals surface area contributed by atoms with E-state index in [0.717, 1.165) is 38.3 Å². The van der Waals surface area contributed by atoms with Crippen LogP contribution >= 0.6 is 0 Å². The standard InChI is InChI=1S/C14H22N4O/c1-2-18-8-7-11(10-18)9-16-14(19)17-13-5-3-12(15)4-6-13/h3-6,11H,2,7-10,15H2,1H3,(H2,16,17,19). The first kappa shape index (κ1) is 13.7. The third-order valence-corrected chi connectivity index (χ3v) is 3.54. The van der Waals surface area contributed by atoms with Crippen molar-refractivity contribution in [2.45, 2.75) is 13.3 Å². The van der Waals surface area contributed by atoms with Crippen LogP contribution in [-0.4, -0.2) is 37.1 Å². The van der Waals surface area contributed by atoms with E-state index in [4.69, 9.17) is 5.73 Å². The molecule has 2 rings (SSSR count). The smallest absolute Gasteiger partial charge is 0.319 e. The molecule has 1 aliphatic heterocycles. The number of carbonyl (C=O) groups excluding carboxylic acids is 1. The Morgan fingerprint density at radius 3 is 2.79 bits per heavy atom. The average molecular weight is 262 g/mol. The van der Waals surface area contributed by atoms with Gasteiger partial charge in [0.05, 0.1) is 0 Å². The lowest BCUT2D eigenvalue weighted by Gasteiger charge is -2.14. The Bertz CT molecular complexity index is 418. The third kappa shape index (κ3) is 4.13. The molecule has 5 heteroatoms. The van der Waals surface area contributed by atoms with E-state index in [0.29, 0.717) is 11.6 Å². The van der Waals surface area contributed by atoms with Gasteiger partial charge in [-0.1, -0.05) is 6.92 Å². The number of amides is 2. The van der Waals surface area contributed by atoms with E-state index < -0.39 is 0 Å². The second kappa shape index (κ2) is 6.43. The molecule has 4 N–H and O–H groups in total. The van der Waals surface area contributed by atoms with E-state index in [1.165, 1.54) is 0 Å². The molecule has 0 aromatic heterocycles. The summed E-state index contributed by atoms with van der Waals surface area (Å²) in [4.78, 5) is 14.1. The van der Waals surface area contributed by atoms with Crippen molar-refractivity contribution in [1.82, 2.24) is 10.2 Å². The van der Waals surface area contributed by atoms with Crippen molar-refractivity contribution in [2.24, 2.45) is 5.92 Å². The predicted octanol–water partition coefficient (Wildman–Crippen LogP) is 1.73. The fourth-order valence-corrected chi connectivity index (χ4v) is 2.35. The molecule has 0 spiro atoms. The van der Waals surface area contributed by atoms with Gasteiger partial charge in [-0.2, -0.15) is 0 Å². The van der Waals surface area contributed by atoms with E-state index in [1.807, 2.05) is 0 Å². The molecule has 19 heavy (non-hydrogen) atoms. The molecule has 2 amide bonds. The zero-order chi connectivity index (χ0) is 13.7. The summed E-state index contributed by atoms with van der Waals surface area (Å²) < 4.78 is 0. The highest BCUT2D eigenvalue weighted by Gasteiger charge is 2.21. The maximum absolute atomic E-state index is 11.7. The number of urea groups is 1. The van der Waals surface area contributed by atoms with E-state index in [-0.39, 0.29) is 6.03 Å². The van der Waals surface area contributed by atoms with E-state index >= 15 is 0 Å². The topological polar surface area (TPSA) is 70.4 Å². The molecule has 0 radical (unpaired) electrons. The number of nitrogens with one attached hydrogen (secondary N) is 2. The molecule has 5 nitrogen and oxygen atoms in total. The van der Waals surface area contributed by atoms with Crippen molar-refractivity contribution in [2.75, 3.05) is 37.2 Å². The van der Waals surface area contributed by atoms with E-state index in [9.17, 15) is 4.79 Å². The summed E-state index contributed by atoms with van der Waals surface area (Å²) in [5.74, 6) is 0.567. The van der Waals surface area contributed by atoms with Crippen molar-refractivity contribution >= 4 is 17.4 Å². The number of nitrogens with zero attached hydrogens (tertiary/aromatic N) is 1. The van der Waals surface area contributed by atoms with Crippen molar-refractivity contribution in [3.63, 3.8) is 0 Å². The zero-order valence-corrected chi connectivity index (χ0v) is 11.4. The van der Waals surface area contributed by atoms with Gasteiger partial charge in [-0.25, -0.2) is 4.79 Å². The van der Waals surface area contributed by atoms with Gasteiger partial charge < -0.3 is 21.3 Å². The van der Waals surface area contributed by atoms with E-state index in [2.05, 4.69) is 22.5 Å². The lowest BCUT2D eigenvalue weighted by molar-refractivity contribution is 0.250. The van der Waals surface area contributed by atoms with Crippen LogP contribution in [0, 0.1) is 5.92 Å². The lowest BCUT2D eigenvalue weighted by Crippen LogP contribution is -2.34. The number of hydrogen-bond acceptors (Lipinski definition) is 3. The summed E-state index contributed by atoms with van der Waals surface area (Å²) in [6.07, 6.45) is 1.16. The highest BCUT2D eigenvalue weighted by molar-refractivity contribution is 5.89. The second-order valence-electron chi connectivity index (χ2n) is 5.00. The van der Waals surface area contributed by atoms with Gasteiger partial charge in [0.15, 0.2) is 0 Å². The number of nitrogen functional groups attached to an aromatic ring is 1. The summed E-state index contributed by atoms with van der Waals surface area (Å²) >= 11 is 0. The van der Waals surface area contributed by atoms with Crippen LogP contribution in [0.1, 0.15) is 13.3 Å². The van der Waals surface area contributed by atoms with Gasteiger partial charge in [0, 0.05) is 24.5 Å².